The number of carboxylic acids is 1. The van der Waals surface area contributed by atoms with E-state index < -0.39 is 14.5 Å². The largest absolute Gasteiger partial charge is 0.481 e. The van der Waals surface area contributed by atoms with Gasteiger partial charge in [0.2, 0.25) is 0 Å². The Labute approximate surface area is 44.1 Å². The third kappa shape index (κ3) is 6.26. The molecular weight excluding hydrogens is 137 g/mol. The maximum absolute atomic E-state index is 11.1. The molecule has 2 atom stereocenters. The van der Waals surface area contributed by atoms with E-state index in [-0.39, 0.29) is 14.4 Å². The summed E-state index contributed by atoms with van der Waals surface area (Å²) in [6.45, 7) is 0. The number of hydrogen-bond acceptors (Lipinski definition) is 1. The van der Waals surface area contributed by atoms with Crippen LogP contribution in [0.4, 0.5) is 4.20 Å². The van der Waals surface area contributed by atoms with E-state index in [1.165, 1.54) is 0 Å². The number of carbonyl (C=O) groups is 1. The molecule has 0 saturated carbocycles. The number of halogens is 1. The molecule has 1 N–H and O–H groups in total. The second-order valence-electron chi connectivity index (χ2n) is 0.842. The molecule has 0 aromatic carbocycles. The Morgan fingerprint density at radius 3 is 2.57 bits per heavy atom. The van der Waals surface area contributed by atoms with Crippen molar-refractivity contribution in [3.05, 3.63) is 0 Å². The van der Waals surface area contributed by atoms with Crippen LogP contribution in [0.2, 0.25) is 0 Å². The summed E-state index contributed by atoms with van der Waals surface area (Å²) in [7, 11) is -0.746. The molecule has 0 bridgehead atoms. The highest BCUT2D eigenvalue weighted by atomic mass is 32.0. The van der Waals surface area contributed by atoms with Crippen LogP contribution in [0, 0.1) is 0 Å². The van der Waals surface area contributed by atoms with Gasteiger partial charge in [-0.1, -0.05) is 8.27 Å². The highest BCUT2D eigenvalue weighted by Gasteiger charge is 1.92. The predicted octanol–water partition coefficient (Wildman–Crippen LogP) is 1.23. The fraction of sp³-hybridized carbons (Fsp3) is 0.500. The smallest absolute Gasteiger partial charge is 0.307 e. The topological polar surface area (TPSA) is 37.3 Å². The molecule has 0 aliphatic carbocycles. The molecule has 5 heteroatoms. The van der Waals surface area contributed by atoms with Gasteiger partial charge in [0.15, 0.2) is 0 Å². The molecule has 0 saturated heterocycles. The van der Waals surface area contributed by atoms with Crippen molar-refractivity contribution in [2.75, 3.05) is 6.16 Å². The minimum absolute atomic E-state index is 0.0189. The molecule has 0 aliphatic heterocycles. The van der Waals surface area contributed by atoms with Crippen molar-refractivity contribution < 1.29 is 14.1 Å². The van der Waals surface area contributed by atoms with Gasteiger partial charge < -0.3 is 5.11 Å². The third-order valence-electron chi connectivity index (χ3n) is 0.306. The van der Waals surface area contributed by atoms with E-state index >= 15 is 0 Å². The van der Waals surface area contributed by atoms with Crippen molar-refractivity contribution in [2.24, 2.45) is 0 Å². The maximum atomic E-state index is 11.1. The molecule has 0 aliphatic rings. The zero-order valence-electron chi connectivity index (χ0n) is 3.44. The first-order chi connectivity index (χ1) is 3.27. The van der Waals surface area contributed by atoms with Crippen LogP contribution in [0.5, 0.6) is 0 Å². The van der Waals surface area contributed by atoms with Crippen LogP contribution in [0.1, 0.15) is 0 Å². The Morgan fingerprint density at radius 1 is 1.86 bits per heavy atom. The average molecular weight is 142 g/mol. The Hall–Kier alpha value is 0.260. The van der Waals surface area contributed by atoms with E-state index in [0.717, 1.165) is 0 Å². The van der Waals surface area contributed by atoms with Crippen molar-refractivity contribution in [2.45, 2.75) is 0 Å². The summed E-state index contributed by atoms with van der Waals surface area (Å²) in [5, 5.41) is 7.89. The second-order valence-corrected chi connectivity index (χ2v) is 3.37. The second kappa shape index (κ2) is 4.42. The lowest BCUT2D eigenvalue weighted by Crippen LogP contribution is -1.93. The van der Waals surface area contributed by atoms with Gasteiger partial charge in [-0.25, -0.2) is 4.20 Å². The molecule has 0 rings (SSSR count). The highest BCUT2D eigenvalue weighted by Crippen LogP contribution is 2.36. The van der Waals surface area contributed by atoms with Gasteiger partial charge >= 0.3 is 5.97 Å². The zero-order chi connectivity index (χ0) is 5.70. The van der Waals surface area contributed by atoms with E-state index in [0.29, 0.717) is 0 Å². The summed E-state index contributed by atoms with van der Waals surface area (Å²) in [4.78, 5) is 9.60. The van der Waals surface area contributed by atoms with Gasteiger partial charge in [-0.2, -0.15) is 0 Å². The minimum Gasteiger partial charge on any atom is -0.481 e. The summed E-state index contributed by atoms with van der Waals surface area (Å²) in [5.74, 6) is -0.913. The SMILES string of the molecule is O=C(O)CPPF. The lowest BCUT2D eigenvalue weighted by Gasteiger charge is -1.83. The fourth-order valence-electron chi connectivity index (χ4n) is 0.109. The van der Waals surface area contributed by atoms with E-state index in [4.69, 9.17) is 5.11 Å². The maximum Gasteiger partial charge on any atom is 0.307 e. The van der Waals surface area contributed by atoms with Crippen LogP contribution < -0.4 is 0 Å². The van der Waals surface area contributed by atoms with Gasteiger partial charge in [0.25, 0.3) is 0 Å². The molecule has 0 fully saturated rings. The van der Waals surface area contributed by atoms with Crippen molar-refractivity contribution in [1.29, 1.82) is 0 Å². The number of carboxylic acid groups (broad SMARTS) is 1. The summed E-state index contributed by atoms with van der Waals surface area (Å²) >= 11 is 0. The highest BCUT2D eigenvalue weighted by molar-refractivity contribution is 8.09. The summed E-state index contributed by atoms with van der Waals surface area (Å²) in [6, 6.07) is 0. The molecule has 0 heterocycles. The van der Waals surface area contributed by atoms with Crippen molar-refractivity contribution >= 4 is 22.8 Å². The molecule has 2 unspecified atom stereocenters. The monoisotopic (exact) mass is 142 g/mol. The zero-order valence-corrected chi connectivity index (χ0v) is 5.44. The molecular formula is C2H5FO2P2. The lowest BCUT2D eigenvalue weighted by molar-refractivity contribution is -0.133. The first-order valence-electron chi connectivity index (χ1n) is 1.57. The Bertz CT molecular complexity index is 66.7. The summed E-state index contributed by atoms with van der Waals surface area (Å²) in [6.07, 6.45) is -0.0189. The van der Waals surface area contributed by atoms with Gasteiger partial charge in [-0.3, -0.25) is 4.79 Å². The molecule has 0 radical (unpaired) electrons. The van der Waals surface area contributed by atoms with Crippen LogP contribution in [-0.2, 0) is 4.79 Å². The van der Waals surface area contributed by atoms with Gasteiger partial charge in [0.1, 0.15) is 0 Å². The average Bonchev–Trinajstić information content (AvgIpc) is 1.61. The van der Waals surface area contributed by atoms with Crippen LogP contribution in [-0.4, -0.2) is 17.2 Å². The molecule has 42 valence electrons. The number of rotatable bonds is 3. The molecule has 7 heavy (non-hydrogen) atoms. The molecule has 0 amide bonds. The van der Waals surface area contributed by atoms with Crippen LogP contribution in [0.3, 0.4) is 0 Å². The Kier molecular flexibility index (Phi) is 4.58. The normalized spacial score (nSPS) is 12.1. The van der Waals surface area contributed by atoms with Crippen LogP contribution in [0.15, 0.2) is 0 Å². The molecule has 2 nitrogen and oxygen atoms in total. The lowest BCUT2D eigenvalue weighted by atomic mass is 10.8. The fourth-order valence-corrected chi connectivity index (χ4v) is 0.981. The first-order valence-corrected chi connectivity index (χ1v) is 4.66. The third-order valence-corrected chi connectivity index (χ3v) is 1.85. The van der Waals surface area contributed by atoms with E-state index in [1.54, 1.807) is 0 Å². The van der Waals surface area contributed by atoms with Crippen LogP contribution >= 0.6 is 16.8 Å². The minimum atomic E-state index is -0.913. The van der Waals surface area contributed by atoms with Gasteiger partial charge in [0, 0.05) is 0 Å². The first kappa shape index (κ1) is 7.26. The summed E-state index contributed by atoms with van der Waals surface area (Å²) < 4.78 is 11.1. The predicted molar refractivity (Wildman–Crippen MR) is 30.2 cm³/mol. The van der Waals surface area contributed by atoms with Gasteiger partial charge in [-0.15, -0.1) is 0 Å². The molecule has 0 spiro atoms. The number of hydrogen-bond donors (Lipinski definition) is 1. The van der Waals surface area contributed by atoms with E-state index in [9.17, 15) is 8.99 Å². The van der Waals surface area contributed by atoms with E-state index in [1.807, 2.05) is 0 Å². The molecule has 0 aromatic rings. The quantitative estimate of drug-likeness (QED) is 0.601. The standard InChI is InChI=1S/C2H5FO2P2/c3-7-6-1-2(4)5/h6-7H,1H2,(H,4,5). The van der Waals surface area contributed by atoms with Crippen molar-refractivity contribution in [1.82, 2.24) is 0 Å². The van der Waals surface area contributed by atoms with Gasteiger partial charge in [-0.05, 0) is 0 Å². The Balaban J connectivity index is 2.82. The molecule has 0 aromatic heterocycles. The van der Waals surface area contributed by atoms with Crippen molar-refractivity contribution in [3.8, 4) is 0 Å². The Morgan fingerprint density at radius 2 is 2.43 bits per heavy atom. The van der Waals surface area contributed by atoms with Crippen LogP contribution in [0.25, 0.3) is 0 Å². The van der Waals surface area contributed by atoms with Gasteiger partial charge in [0.05, 0.1) is 14.7 Å². The van der Waals surface area contributed by atoms with E-state index in [2.05, 4.69) is 0 Å². The van der Waals surface area contributed by atoms with Crippen molar-refractivity contribution in [3.63, 3.8) is 0 Å². The summed E-state index contributed by atoms with van der Waals surface area (Å²) in [5.41, 5.74) is 0. The number of aliphatic carboxylic acids is 1.